The molecule has 2 unspecified atom stereocenters. The lowest BCUT2D eigenvalue weighted by Crippen LogP contribution is -2.44. The third-order valence-electron chi connectivity index (χ3n) is 4.95. The van der Waals surface area contributed by atoms with Gasteiger partial charge in [0.2, 0.25) is 5.91 Å². The fourth-order valence-electron chi connectivity index (χ4n) is 3.57. The molecule has 1 amide bonds. The second-order valence-corrected chi connectivity index (χ2v) is 6.92. The number of carbonyl (C=O) groups excluding carboxylic acids is 1. The van der Waals surface area contributed by atoms with E-state index in [9.17, 15) is 14.7 Å². The van der Waals surface area contributed by atoms with Crippen LogP contribution in [0.2, 0.25) is 0 Å². The summed E-state index contributed by atoms with van der Waals surface area (Å²) in [6, 6.07) is 9.42. The Labute approximate surface area is 153 Å². The quantitative estimate of drug-likeness (QED) is 0.864. The molecule has 26 heavy (non-hydrogen) atoms. The fourth-order valence-corrected chi connectivity index (χ4v) is 3.57. The first kappa shape index (κ1) is 18.2. The van der Waals surface area contributed by atoms with Gasteiger partial charge in [0, 0.05) is 12.2 Å². The molecular formula is C20H25N3O3. The van der Waals surface area contributed by atoms with Gasteiger partial charge in [0.05, 0.1) is 24.2 Å². The third-order valence-corrected chi connectivity index (χ3v) is 4.95. The van der Waals surface area contributed by atoms with Crippen LogP contribution in [0.4, 0.5) is 0 Å². The van der Waals surface area contributed by atoms with E-state index in [0.717, 1.165) is 43.4 Å². The number of aliphatic carboxylic acids is 1. The number of hydrogen-bond donors (Lipinski definition) is 2. The summed E-state index contributed by atoms with van der Waals surface area (Å²) >= 11 is 0. The van der Waals surface area contributed by atoms with Gasteiger partial charge in [0.25, 0.3) is 0 Å². The molecule has 0 aliphatic heterocycles. The summed E-state index contributed by atoms with van der Waals surface area (Å²) in [7, 11) is 0. The van der Waals surface area contributed by atoms with Gasteiger partial charge in [-0.05, 0) is 30.5 Å². The van der Waals surface area contributed by atoms with Crippen molar-refractivity contribution in [1.29, 1.82) is 0 Å². The molecule has 0 saturated heterocycles. The number of carbonyl (C=O) groups is 2. The number of nitrogens with one attached hydrogen (secondary N) is 1. The molecule has 138 valence electrons. The predicted octanol–water partition coefficient (Wildman–Crippen LogP) is 2.95. The highest BCUT2D eigenvalue weighted by molar-refractivity contribution is 5.80. The Morgan fingerprint density at radius 2 is 1.85 bits per heavy atom. The summed E-state index contributed by atoms with van der Waals surface area (Å²) in [6.45, 7) is 0. The van der Waals surface area contributed by atoms with Crippen molar-refractivity contribution in [2.45, 2.75) is 51.0 Å². The Balaban J connectivity index is 1.62. The van der Waals surface area contributed by atoms with E-state index in [2.05, 4.69) is 10.4 Å². The summed E-state index contributed by atoms with van der Waals surface area (Å²) in [5.41, 5.74) is 1.74. The molecule has 1 aliphatic carbocycles. The molecule has 1 fully saturated rings. The first-order chi connectivity index (χ1) is 12.6. The minimum absolute atomic E-state index is 0.144. The van der Waals surface area contributed by atoms with Crippen LogP contribution in [-0.4, -0.2) is 32.8 Å². The van der Waals surface area contributed by atoms with Gasteiger partial charge in [-0.2, -0.15) is 5.10 Å². The minimum atomic E-state index is -0.811. The Morgan fingerprint density at radius 1 is 1.12 bits per heavy atom. The number of benzene rings is 1. The molecule has 1 aliphatic rings. The van der Waals surface area contributed by atoms with E-state index in [4.69, 9.17) is 0 Å². The summed E-state index contributed by atoms with van der Waals surface area (Å²) in [5, 5.41) is 16.8. The number of rotatable bonds is 5. The average Bonchev–Trinajstić information content (AvgIpc) is 3.06. The fraction of sp³-hybridized carbons (Fsp3) is 0.450. The molecule has 2 N–H and O–H groups in total. The van der Waals surface area contributed by atoms with Gasteiger partial charge >= 0.3 is 5.97 Å². The number of carboxylic acids is 1. The molecule has 2 aromatic rings. The Bertz CT molecular complexity index is 742. The van der Waals surface area contributed by atoms with Crippen molar-refractivity contribution in [3.8, 4) is 5.69 Å². The first-order valence-corrected chi connectivity index (χ1v) is 9.24. The van der Waals surface area contributed by atoms with Gasteiger partial charge in [0.1, 0.15) is 0 Å². The Morgan fingerprint density at radius 3 is 2.58 bits per heavy atom. The maximum absolute atomic E-state index is 12.5. The monoisotopic (exact) mass is 355 g/mol. The summed E-state index contributed by atoms with van der Waals surface area (Å²) in [6.07, 6.45) is 9.12. The van der Waals surface area contributed by atoms with Crippen LogP contribution >= 0.6 is 0 Å². The van der Waals surface area contributed by atoms with Crippen molar-refractivity contribution in [3.63, 3.8) is 0 Å². The smallest absolute Gasteiger partial charge is 0.308 e. The molecule has 0 spiro atoms. The molecule has 0 bridgehead atoms. The summed E-state index contributed by atoms with van der Waals surface area (Å²) in [5.74, 6) is -1.45. The molecule has 1 aromatic carbocycles. The topological polar surface area (TPSA) is 84.2 Å². The highest BCUT2D eigenvalue weighted by Gasteiger charge is 2.29. The minimum Gasteiger partial charge on any atom is -0.481 e. The van der Waals surface area contributed by atoms with E-state index < -0.39 is 11.9 Å². The standard InChI is InChI=1S/C20H25N3O3/c24-19(22-18-11-7-2-1-6-10-17(18)20(25)26)12-15-13-21-23(14-15)16-8-4-3-5-9-16/h3-5,8-9,13-14,17-18H,1-2,6-7,10-12H2,(H,22,24)(H,25,26). The molecule has 1 aromatic heterocycles. The first-order valence-electron chi connectivity index (χ1n) is 9.24. The number of para-hydroxylation sites is 1. The van der Waals surface area contributed by atoms with E-state index in [1.165, 1.54) is 0 Å². The van der Waals surface area contributed by atoms with Crippen LogP contribution in [-0.2, 0) is 16.0 Å². The molecule has 1 saturated carbocycles. The maximum atomic E-state index is 12.5. The highest BCUT2D eigenvalue weighted by atomic mass is 16.4. The van der Waals surface area contributed by atoms with Crippen LogP contribution in [0.25, 0.3) is 5.69 Å². The summed E-state index contributed by atoms with van der Waals surface area (Å²) < 4.78 is 1.73. The number of nitrogens with zero attached hydrogens (tertiary/aromatic N) is 2. The SMILES string of the molecule is O=C(Cc1cnn(-c2ccccc2)c1)NC1CCCCCCC1C(=O)O. The molecule has 3 rings (SSSR count). The van der Waals surface area contributed by atoms with Gasteiger partial charge in [-0.1, -0.05) is 43.9 Å². The lowest BCUT2D eigenvalue weighted by molar-refractivity contribution is -0.143. The molecule has 1 heterocycles. The van der Waals surface area contributed by atoms with Crippen molar-refractivity contribution >= 4 is 11.9 Å². The van der Waals surface area contributed by atoms with Gasteiger partial charge in [-0.25, -0.2) is 4.68 Å². The van der Waals surface area contributed by atoms with E-state index in [1.807, 2.05) is 36.5 Å². The molecule has 0 radical (unpaired) electrons. The van der Waals surface area contributed by atoms with E-state index in [1.54, 1.807) is 10.9 Å². The Kier molecular flexibility index (Phi) is 6.04. The molecule has 6 heteroatoms. The normalized spacial score (nSPS) is 20.8. The number of hydrogen-bond acceptors (Lipinski definition) is 3. The van der Waals surface area contributed by atoms with Crippen LogP contribution in [0.5, 0.6) is 0 Å². The number of amides is 1. The average molecular weight is 355 g/mol. The van der Waals surface area contributed by atoms with Crippen LogP contribution < -0.4 is 5.32 Å². The van der Waals surface area contributed by atoms with Crippen LogP contribution in [0.1, 0.15) is 44.1 Å². The molecular weight excluding hydrogens is 330 g/mol. The van der Waals surface area contributed by atoms with Crippen LogP contribution in [0, 0.1) is 5.92 Å². The van der Waals surface area contributed by atoms with Gasteiger partial charge in [-0.3, -0.25) is 9.59 Å². The Hall–Kier alpha value is -2.63. The van der Waals surface area contributed by atoms with Gasteiger partial charge in [0.15, 0.2) is 0 Å². The van der Waals surface area contributed by atoms with Crippen molar-refractivity contribution in [2.75, 3.05) is 0 Å². The second-order valence-electron chi connectivity index (χ2n) is 6.92. The van der Waals surface area contributed by atoms with E-state index >= 15 is 0 Å². The molecule has 2 atom stereocenters. The lowest BCUT2D eigenvalue weighted by Gasteiger charge is -2.27. The van der Waals surface area contributed by atoms with Crippen LogP contribution in [0.15, 0.2) is 42.7 Å². The lowest BCUT2D eigenvalue weighted by atomic mass is 9.86. The van der Waals surface area contributed by atoms with Gasteiger partial charge in [-0.15, -0.1) is 0 Å². The summed E-state index contributed by atoms with van der Waals surface area (Å²) in [4.78, 5) is 24.0. The predicted molar refractivity (Wildman–Crippen MR) is 98.0 cm³/mol. The third kappa shape index (κ3) is 4.71. The zero-order valence-electron chi connectivity index (χ0n) is 14.8. The highest BCUT2D eigenvalue weighted by Crippen LogP contribution is 2.23. The number of aromatic nitrogens is 2. The van der Waals surface area contributed by atoms with Crippen molar-refractivity contribution in [2.24, 2.45) is 5.92 Å². The largest absolute Gasteiger partial charge is 0.481 e. The zero-order valence-corrected chi connectivity index (χ0v) is 14.8. The van der Waals surface area contributed by atoms with Crippen molar-refractivity contribution in [1.82, 2.24) is 15.1 Å². The van der Waals surface area contributed by atoms with Crippen LogP contribution in [0.3, 0.4) is 0 Å². The zero-order chi connectivity index (χ0) is 18.4. The number of carboxylic acid groups (broad SMARTS) is 1. The molecule has 6 nitrogen and oxygen atoms in total. The van der Waals surface area contributed by atoms with Gasteiger partial charge < -0.3 is 10.4 Å². The van der Waals surface area contributed by atoms with Crippen molar-refractivity contribution < 1.29 is 14.7 Å². The van der Waals surface area contributed by atoms with E-state index in [-0.39, 0.29) is 18.4 Å². The van der Waals surface area contributed by atoms with E-state index in [0.29, 0.717) is 6.42 Å². The second kappa shape index (κ2) is 8.65. The van der Waals surface area contributed by atoms with Crippen molar-refractivity contribution in [3.05, 3.63) is 48.3 Å². The maximum Gasteiger partial charge on any atom is 0.308 e.